The lowest BCUT2D eigenvalue weighted by atomic mass is 10.0. The van der Waals surface area contributed by atoms with Crippen LogP contribution >= 0.6 is 0 Å². The van der Waals surface area contributed by atoms with Crippen LogP contribution in [0.2, 0.25) is 0 Å². The minimum atomic E-state index is -0.300. The van der Waals surface area contributed by atoms with Crippen molar-refractivity contribution in [2.45, 2.75) is 13.0 Å². The second-order valence-corrected chi connectivity index (χ2v) is 6.39. The van der Waals surface area contributed by atoms with Gasteiger partial charge in [0.05, 0.1) is 19.5 Å². The van der Waals surface area contributed by atoms with Crippen molar-refractivity contribution in [1.29, 1.82) is 0 Å². The second-order valence-electron chi connectivity index (χ2n) is 6.39. The highest BCUT2D eigenvalue weighted by molar-refractivity contribution is 6.02. The molecule has 2 heterocycles. The molecule has 136 valence electrons. The summed E-state index contributed by atoms with van der Waals surface area (Å²) in [6.45, 7) is 1.70. The van der Waals surface area contributed by atoms with Crippen molar-refractivity contribution in [3.05, 3.63) is 77.7 Å². The summed E-state index contributed by atoms with van der Waals surface area (Å²) in [5.41, 5.74) is 3.62. The summed E-state index contributed by atoms with van der Waals surface area (Å²) in [6.07, 6.45) is 4.16. The minimum absolute atomic E-state index is 0.277. The molecule has 1 amide bonds. The number of nitrogens with one attached hydrogen (secondary N) is 1. The molecule has 1 aliphatic heterocycles. The van der Waals surface area contributed by atoms with Gasteiger partial charge < -0.3 is 15.0 Å². The third-order valence-electron chi connectivity index (χ3n) is 4.65. The normalized spacial score (nSPS) is 13.0. The highest BCUT2D eigenvalue weighted by atomic mass is 16.5. The van der Waals surface area contributed by atoms with Crippen molar-refractivity contribution < 1.29 is 9.53 Å². The standard InChI is InChI=1S/C21H20N4O2/c1-27-18-8-4-7-17(11-18)24-21(26)19-12-23-20(13-22-19)25-10-9-15-5-2-3-6-16(15)14-25/h2-8,11-13H,9-10,14H2,1H3,(H,24,26). The molecule has 0 atom stereocenters. The Labute approximate surface area is 157 Å². The molecule has 6 nitrogen and oxygen atoms in total. The van der Waals surface area contributed by atoms with Crippen molar-refractivity contribution >= 4 is 17.4 Å². The first kappa shape index (κ1) is 17.0. The van der Waals surface area contributed by atoms with Crippen LogP contribution in [0.4, 0.5) is 11.5 Å². The lowest BCUT2D eigenvalue weighted by Gasteiger charge is -2.29. The highest BCUT2D eigenvalue weighted by Crippen LogP contribution is 2.22. The quantitative estimate of drug-likeness (QED) is 0.773. The lowest BCUT2D eigenvalue weighted by molar-refractivity contribution is 0.102. The number of hydrogen-bond acceptors (Lipinski definition) is 5. The van der Waals surface area contributed by atoms with E-state index in [-0.39, 0.29) is 11.6 Å². The van der Waals surface area contributed by atoms with Crippen molar-refractivity contribution in [2.24, 2.45) is 0 Å². The number of rotatable bonds is 4. The van der Waals surface area contributed by atoms with E-state index in [0.29, 0.717) is 11.4 Å². The Morgan fingerprint density at radius 1 is 1.07 bits per heavy atom. The monoisotopic (exact) mass is 360 g/mol. The summed E-state index contributed by atoms with van der Waals surface area (Å²) in [7, 11) is 1.59. The van der Waals surface area contributed by atoms with Crippen LogP contribution in [-0.2, 0) is 13.0 Å². The van der Waals surface area contributed by atoms with E-state index in [1.165, 1.54) is 17.3 Å². The molecule has 0 saturated carbocycles. The molecule has 0 fully saturated rings. The predicted octanol–water partition coefficient (Wildman–Crippen LogP) is 3.30. The average molecular weight is 360 g/mol. The number of anilines is 2. The van der Waals surface area contributed by atoms with E-state index >= 15 is 0 Å². The number of ether oxygens (including phenoxy) is 1. The van der Waals surface area contributed by atoms with Crippen molar-refractivity contribution in [1.82, 2.24) is 9.97 Å². The van der Waals surface area contributed by atoms with Gasteiger partial charge in [-0.25, -0.2) is 9.97 Å². The fraction of sp³-hybridized carbons (Fsp3) is 0.190. The van der Waals surface area contributed by atoms with Gasteiger partial charge in [-0.15, -0.1) is 0 Å². The number of nitrogens with zero attached hydrogens (tertiary/aromatic N) is 3. The molecule has 3 aromatic rings. The predicted molar refractivity (Wildman–Crippen MR) is 104 cm³/mol. The van der Waals surface area contributed by atoms with Crippen LogP contribution < -0.4 is 15.0 Å². The number of aromatic nitrogens is 2. The van der Waals surface area contributed by atoms with Crippen LogP contribution in [0.15, 0.2) is 60.9 Å². The van der Waals surface area contributed by atoms with Gasteiger partial charge in [-0.3, -0.25) is 4.79 Å². The number of carbonyl (C=O) groups excluding carboxylic acids is 1. The van der Waals surface area contributed by atoms with Gasteiger partial charge in [0.25, 0.3) is 5.91 Å². The van der Waals surface area contributed by atoms with Crippen LogP contribution in [-0.4, -0.2) is 29.5 Å². The van der Waals surface area contributed by atoms with E-state index in [9.17, 15) is 4.79 Å². The molecule has 27 heavy (non-hydrogen) atoms. The number of benzene rings is 2. The minimum Gasteiger partial charge on any atom is -0.497 e. The Hall–Kier alpha value is -3.41. The molecule has 2 aromatic carbocycles. The van der Waals surface area contributed by atoms with Gasteiger partial charge in [-0.05, 0) is 29.7 Å². The van der Waals surface area contributed by atoms with E-state index in [1.807, 2.05) is 12.1 Å². The van der Waals surface area contributed by atoms with Gasteiger partial charge >= 0.3 is 0 Å². The fourth-order valence-electron chi connectivity index (χ4n) is 3.19. The number of hydrogen-bond donors (Lipinski definition) is 1. The third kappa shape index (κ3) is 3.74. The van der Waals surface area contributed by atoms with Crippen molar-refractivity contribution in [3.8, 4) is 5.75 Å². The summed E-state index contributed by atoms with van der Waals surface area (Å²) in [6, 6.07) is 15.6. The van der Waals surface area contributed by atoms with E-state index in [4.69, 9.17) is 4.74 Å². The maximum Gasteiger partial charge on any atom is 0.275 e. The van der Waals surface area contributed by atoms with Crippen molar-refractivity contribution in [3.63, 3.8) is 0 Å². The van der Waals surface area contributed by atoms with Crippen LogP contribution in [0.5, 0.6) is 5.75 Å². The number of fused-ring (bicyclic) bond motifs is 1. The SMILES string of the molecule is COc1cccc(NC(=O)c2cnc(N3CCc4ccccc4C3)cn2)c1. The first-order chi connectivity index (χ1) is 13.2. The van der Waals surface area contributed by atoms with E-state index in [2.05, 4.69) is 44.5 Å². The van der Waals surface area contributed by atoms with E-state index in [1.54, 1.807) is 25.4 Å². The number of methoxy groups -OCH3 is 1. The zero-order valence-corrected chi connectivity index (χ0v) is 15.1. The van der Waals surface area contributed by atoms with Gasteiger partial charge in [0.2, 0.25) is 0 Å². The highest BCUT2D eigenvalue weighted by Gasteiger charge is 2.18. The van der Waals surface area contributed by atoms with Gasteiger partial charge in [0.1, 0.15) is 17.3 Å². The van der Waals surface area contributed by atoms with Gasteiger partial charge in [0, 0.05) is 24.8 Å². The van der Waals surface area contributed by atoms with Gasteiger partial charge in [0.15, 0.2) is 0 Å². The average Bonchev–Trinajstić information content (AvgIpc) is 2.73. The van der Waals surface area contributed by atoms with Gasteiger partial charge in [-0.1, -0.05) is 30.3 Å². The molecule has 1 N–H and O–H groups in total. The largest absolute Gasteiger partial charge is 0.497 e. The van der Waals surface area contributed by atoms with E-state index in [0.717, 1.165) is 25.3 Å². The smallest absolute Gasteiger partial charge is 0.275 e. The Bertz CT molecular complexity index is 956. The van der Waals surface area contributed by atoms with E-state index < -0.39 is 0 Å². The van der Waals surface area contributed by atoms with Crippen molar-refractivity contribution in [2.75, 3.05) is 23.9 Å². The molecule has 6 heteroatoms. The number of carbonyl (C=O) groups is 1. The van der Waals surface area contributed by atoms with Crippen LogP contribution in [0.25, 0.3) is 0 Å². The molecular weight excluding hydrogens is 340 g/mol. The first-order valence-electron chi connectivity index (χ1n) is 8.82. The molecule has 4 rings (SSSR count). The first-order valence-corrected chi connectivity index (χ1v) is 8.82. The summed E-state index contributed by atoms with van der Waals surface area (Å²) >= 11 is 0. The molecule has 0 aliphatic carbocycles. The Morgan fingerprint density at radius 3 is 2.70 bits per heavy atom. The maximum atomic E-state index is 12.4. The van der Waals surface area contributed by atoms with Gasteiger partial charge in [-0.2, -0.15) is 0 Å². The van der Waals surface area contributed by atoms with Crippen LogP contribution in [0.3, 0.4) is 0 Å². The van der Waals surface area contributed by atoms with Crippen LogP contribution in [0, 0.1) is 0 Å². The summed E-state index contributed by atoms with van der Waals surface area (Å²) in [4.78, 5) is 23.3. The topological polar surface area (TPSA) is 67.3 Å². The molecular formula is C21H20N4O2. The third-order valence-corrected chi connectivity index (χ3v) is 4.65. The zero-order valence-electron chi connectivity index (χ0n) is 15.1. The maximum absolute atomic E-state index is 12.4. The summed E-state index contributed by atoms with van der Waals surface area (Å²) in [5, 5.41) is 2.81. The summed E-state index contributed by atoms with van der Waals surface area (Å²) in [5.74, 6) is 1.16. The zero-order chi connectivity index (χ0) is 18.6. The molecule has 0 spiro atoms. The molecule has 0 unspecified atom stereocenters. The fourth-order valence-corrected chi connectivity index (χ4v) is 3.19. The molecule has 0 saturated heterocycles. The second kappa shape index (κ2) is 7.45. The molecule has 1 aliphatic rings. The number of amides is 1. The van der Waals surface area contributed by atoms with Crippen LogP contribution in [0.1, 0.15) is 21.6 Å². The Balaban J connectivity index is 1.45. The molecule has 0 bridgehead atoms. The Morgan fingerprint density at radius 2 is 1.93 bits per heavy atom. The molecule has 0 radical (unpaired) electrons. The summed E-state index contributed by atoms with van der Waals surface area (Å²) < 4.78 is 5.17. The Kier molecular flexibility index (Phi) is 4.70. The lowest BCUT2D eigenvalue weighted by Crippen LogP contribution is -2.31. The molecule has 1 aromatic heterocycles.